The number of hydrogen-bond acceptors (Lipinski definition) is 3. The van der Waals surface area contributed by atoms with Gasteiger partial charge in [0, 0.05) is 12.2 Å². The molecule has 0 saturated carbocycles. The molecular weight excluding hydrogens is 257 g/mol. The van der Waals surface area contributed by atoms with Crippen LogP contribution in [-0.4, -0.2) is 30.4 Å². The van der Waals surface area contributed by atoms with Crippen molar-refractivity contribution in [1.29, 1.82) is 5.26 Å². The highest BCUT2D eigenvalue weighted by atomic mass is 19.1. The lowest BCUT2D eigenvalue weighted by Gasteiger charge is -2.13. The molecule has 5 heteroatoms. The number of nitriles is 1. The summed E-state index contributed by atoms with van der Waals surface area (Å²) >= 11 is 0. The number of halogens is 1. The number of hydrogen-bond donors (Lipinski definition) is 1. The van der Waals surface area contributed by atoms with Gasteiger partial charge in [-0.25, -0.2) is 4.39 Å². The van der Waals surface area contributed by atoms with Crippen LogP contribution in [-0.2, 0) is 4.79 Å². The molecule has 0 bridgehead atoms. The second-order valence-electron chi connectivity index (χ2n) is 4.99. The van der Waals surface area contributed by atoms with Gasteiger partial charge < -0.3 is 5.32 Å². The van der Waals surface area contributed by atoms with Gasteiger partial charge >= 0.3 is 0 Å². The standard InChI is InChI=1S/C15H16FN3O/c1-10(11-3-5-13(16)6-4-11)18-15(20)12-7-14(8-17)19(2)9-12/h3-6,12,14H,1,7,9H2,2H3,(H,18,20). The Kier molecular flexibility index (Phi) is 4.16. The molecule has 0 aromatic heterocycles. The number of amides is 1. The van der Waals surface area contributed by atoms with Gasteiger partial charge in [0.1, 0.15) is 5.82 Å². The van der Waals surface area contributed by atoms with Crippen molar-refractivity contribution in [3.63, 3.8) is 0 Å². The minimum atomic E-state index is -0.331. The van der Waals surface area contributed by atoms with Gasteiger partial charge in [-0.2, -0.15) is 5.26 Å². The zero-order valence-corrected chi connectivity index (χ0v) is 11.3. The maximum atomic E-state index is 12.8. The lowest BCUT2D eigenvalue weighted by Crippen LogP contribution is -2.30. The Morgan fingerprint density at radius 1 is 1.50 bits per heavy atom. The van der Waals surface area contributed by atoms with E-state index in [1.54, 1.807) is 12.1 Å². The van der Waals surface area contributed by atoms with Gasteiger partial charge in [0.2, 0.25) is 5.91 Å². The van der Waals surface area contributed by atoms with Crippen LogP contribution in [0.3, 0.4) is 0 Å². The fourth-order valence-corrected chi connectivity index (χ4v) is 2.31. The maximum absolute atomic E-state index is 12.8. The average molecular weight is 273 g/mol. The molecular formula is C15H16FN3O. The molecule has 1 aromatic carbocycles. The Morgan fingerprint density at radius 2 is 2.15 bits per heavy atom. The highest BCUT2D eigenvalue weighted by Gasteiger charge is 2.34. The van der Waals surface area contributed by atoms with Gasteiger partial charge in [0.25, 0.3) is 0 Å². The average Bonchev–Trinajstić information content (AvgIpc) is 2.80. The van der Waals surface area contributed by atoms with Gasteiger partial charge in [0.05, 0.1) is 18.0 Å². The number of carbonyl (C=O) groups excluding carboxylic acids is 1. The summed E-state index contributed by atoms with van der Waals surface area (Å²) in [5.41, 5.74) is 1.11. The summed E-state index contributed by atoms with van der Waals surface area (Å²) in [6.45, 7) is 4.35. The summed E-state index contributed by atoms with van der Waals surface area (Å²) in [6.07, 6.45) is 0.523. The van der Waals surface area contributed by atoms with Gasteiger partial charge in [-0.1, -0.05) is 18.7 Å². The minimum Gasteiger partial charge on any atom is -0.326 e. The van der Waals surface area contributed by atoms with Crippen molar-refractivity contribution in [1.82, 2.24) is 10.2 Å². The molecule has 2 rings (SSSR count). The number of carbonyl (C=O) groups is 1. The van der Waals surface area contributed by atoms with Crippen LogP contribution in [0.25, 0.3) is 5.70 Å². The SMILES string of the molecule is C=C(NC(=O)C1CC(C#N)N(C)C1)c1ccc(F)cc1. The Balaban J connectivity index is 1.97. The molecule has 0 radical (unpaired) electrons. The van der Waals surface area contributed by atoms with Crippen LogP contribution in [0.2, 0.25) is 0 Å². The molecule has 1 heterocycles. The summed E-state index contributed by atoms with van der Waals surface area (Å²) in [4.78, 5) is 14.0. The first-order valence-corrected chi connectivity index (χ1v) is 6.37. The first kappa shape index (κ1) is 14.2. The van der Waals surface area contributed by atoms with E-state index in [9.17, 15) is 9.18 Å². The zero-order valence-electron chi connectivity index (χ0n) is 11.3. The summed E-state index contributed by atoms with van der Waals surface area (Å²) in [7, 11) is 1.83. The predicted molar refractivity (Wildman–Crippen MR) is 73.7 cm³/mol. The second-order valence-corrected chi connectivity index (χ2v) is 4.99. The van der Waals surface area contributed by atoms with Crippen molar-refractivity contribution in [2.45, 2.75) is 12.5 Å². The van der Waals surface area contributed by atoms with Gasteiger partial charge in [0.15, 0.2) is 0 Å². The van der Waals surface area contributed by atoms with Crippen molar-refractivity contribution in [2.24, 2.45) is 5.92 Å². The fraction of sp³-hybridized carbons (Fsp3) is 0.333. The van der Waals surface area contributed by atoms with E-state index in [4.69, 9.17) is 5.26 Å². The Morgan fingerprint density at radius 3 is 2.70 bits per heavy atom. The maximum Gasteiger partial charge on any atom is 0.228 e. The number of benzene rings is 1. The van der Waals surface area contributed by atoms with Crippen LogP contribution in [0.5, 0.6) is 0 Å². The van der Waals surface area contributed by atoms with Crippen molar-refractivity contribution >= 4 is 11.6 Å². The number of nitrogens with one attached hydrogen (secondary N) is 1. The molecule has 1 fully saturated rings. The Bertz CT molecular complexity index is 561. The van der Waals surface area contributed by atoms with Crippen LogP contribution in [0.4, 0.5) is 4.39 Å². The first-order valence-electron chi connectivity index (χ1n) is 6.37. The highest BCUT2D eigenvalue weighted by molar-refractivity contribution is 5.88. The molecule has 2 unspecified atom stereocenters. The van der Waals surface area contributed by atoms with Crippen molar-refractivity contribution in [3.05, 3.63) is 42.2 Å². The Labute approximate surface area is 117 Å². The fourth-order valence-electron chi connectivity index (χ4n) is 2.31. The van der Waals surface area contributed by atoms with E-state index in [1.807, 2.05) is 11.9 Å². The van der Waals surface area contributed by atoms with Crippen molar-refractivity contribution < 1.29 is 9.18 Å². The van der Waals surface area contributed by atoms with E-state index in [-0.39, 0.29) is 23.7 Å². The van der Waals surface area contributed by atoms with Crippen LogP contribution in [0.15, 0.2) is 30.8 Å². The third-order valence-electron chi connectivity index (χ3n) is 3.53. The molecule has 1 saturated heterocycles. The number of likely N-dealkylation sites (tertiary alicyclic amines) is 1. The third-order valence-corrected chi connectivity index (χ3v) is 3.53. The van der Waals surface area contributed by atoms with Gasteiger partial charge in [-0.15, -0.1) is 0 Å². The highest BCUT2D eigenvalue weighted by Crippen LogP contribution is 2.22. The normalized spacial score (nSPS) is 22.2. The van der Waals surface area contributed by atoms with E-state index in [0.717, 1.165) is 0 Å². The molecule has 2 atom stereocenters. The van der Waals surface area contributed by atoms with Crippen molar-refractivity contribution in [2.75, 3.05) is 13.6 Å². The van der Waals surface area contributed by atoms with Gasteiger partial charge in [-0.05, 0) is 31.2 Å². The second kappa shape index (κ2) is 5.85. The van der Waals surface area contributed by atoms with Crippen LogP contribution >= 0.6 is 0 Å². The smallest absolute Gasteiger partial charge is 0.228 e. The minimum absolute atomic E-state index is 0.149. The molecule has 1 aromatic rings. The zero-order chi connectivity index (χ0) is 14.7. The lowest BCUT2D eigenvalue weighted by molar-refractivity contribution is -0.123. The van der Waals surface area contributed by atoms with Crippen LogP contribution in [0.1, 0.15) is 12.0 Å². The predicted octanol–water partition coefficient (Wildman–Crippen LogP) is 1.76. The van der Waals surface area contributed by atoms with E-state index in [2.05, 4.69) is 18.0 Å². The third kappa shape index (κ3) is 3.03. The number of nitrogens with zero attached hydrogens (tertiary/aromatic N) is 2. The first-order chi connectivity index (χ1) is 9.51. The molecule has 104 valence electrons. The molecule has 4 nitrogen and oxygen atoms in total. The topological polar surface area (TPSA) is 56.1 Å². The van der Waals surface area contributed by atoms with E-state index in [1.165, 1.54) is 12.1 Å². The van der Waals surface area contributed by atoms with E-state index < -0.39 is 0 Å². The van der Waals surface area contributed by atoms with Crippen LogP contribution in [0, 0.1) is 23.1 Å². The molecule has 1 N–H and O–H groups in total. The molecule has 1 amide bonds. The molecule has 1 aliphatic rings. The lowest BCUT2D eigenvalue weighted by atomic mass is 10.0. The van der Waals surface area contributed by atoms with Crippen LogP contribution < -0.4 is 5.32 Å². The summed E-state index contributed by atoms with van der Waals surface area (Å²) in [6, 6.07) is 7.73. The van der Waals surface area contributed by atoms with E-state index >= 15 is 0 Å². The summed E-state index contributed by atoms with van der Waals surface area (Å²) in [5.74, 6) is -0.701. The quantitative estimate of drug-likeness (QED) is 0.913. The molecule has 0 aliphatic carbocycles. The summed E-state index contributed by atoms with van der Waals surface area (Å²) < 4.78 is 12.8. The molecule has 1 aliphatic heterocycles. The Hall–Kier alpha value is -2.19. The van der Waals surface area contributed by atoms with Gasteiger partial charge in [-0.3, -0.25) is 9.69 Å². The summed E-state index contributed by atoms with van der Waals surface area (Å²) in [5, 5.41) is 11.7. The molecule has 20 heavy (non-hydrogen) atoms. The van der Waals surface area contributed by atoms with Crippen molar-refractivity contribution in [3.8, 4) is 6.07 Å². The monoisotopic (exact) mass is 273 g/mol. The van der Waals surface area contributed by atoms with E-state index in [0.29, 0.717) is 24.2 Å². The largest absolute Gasteiger partial charge is 0.326 e. The molecule has 0 spiro atoms. The number of rotatable bonds is 3.